The molecular weight excluding hydrogens is 452 g/mol. The quantitative estimate of drug-likeness (QED) is 0.491. The molecule has 0 spiro atoms. The summed E-state index contributed by atoms with van der Waals surface area (Å²) in [4.78, 5) is 42.6. The number of hydrogen-bond acceptors (Lipinski definition) is 5. The standard InChI is InChI=1S/C29H30N4O3/c1-32-16-14-22(15-17-32)30-25-9-5-6-10-26(25)31-27(34)21-11-12-23-24(19-21)29(36)33(28(23)35)18-13-20-7-3-2-4-8-20/h2-12,19,22,30H,13-18H2,1H3,(H,31,34). The lowest BCUT2D eigenvalue weighted by molar-refractivity contribution is 0.0656. The Balaban J connectivity index is 1.28. The van der Waals surface area contributed by atoms with Crippen LogP contribution in [0, 0.1) is 0 Å². The van der Waals surface area contributed by atoms with E-state index in [4.69, 9.17) is 0 Å². The highest BCUT2D eigenvalue weighted by molar-refractivity contribution is 6.22. The first-order valence-corrected chi connectivity index (χ1v) is 12.4. The number of nitrogens with one attached hydrogen (secondary N) is 2. The van der Waals surface area contributed by atoms with Crippen molar-refractivity contribution < 1.29 is 14.4 Å². The minimum absolute atomic E-state index is 0.276. The lowest BCUT2D eigenvalue weighted by atomic mass is 10.0. The smallest absolute Gasteiger partial charge is 0.261 e. The molecule has 3 aromatic carbocycles. The molecule has 0 saturated carbocycles. The number of amides is 3. The van der Waals surface area contributed by atoms with Crippen LogP contribution in [0.3, 0.4) is 0 Å². The van der Waals surface area contributed by atoms with E-state index in [9.17, 15) is 14.4 Å². The first kappa shape index (κ1) is 23.8. The molecule has 7 nitrogen and oxygen atoms in total. The van der Waals surface area contributed by atoms with Gasteiger partial charge >= 0.3 is 0 Å². The Hall–Kier alpha value is -3.97. The van der Waals surface area contributed by atoms with Crippen molar-refractivity contribution in [3.8, 4) is 0 Å². The zero-order chi connectivity index (χ0) is 25.1. The van der Waals surface area contributed by atoms with Crippen molar-refractivity contribution in [2.75, 3.05) is 37.3 Å². The number of carbonyl (C=O) groups is 3. The normalized spacial score (nSPS) is 16.2. The minimum Gasteiger partial charge on any atom is -0.381 e. The van der Waals surface area contributed by atoms with Crippen molar-refractivity contribution in [1.82, 2.24) is 9.80 Å². The van der Waals surface area contributed by atoms with Gasteiger partial charge < -0.3 is 15.5 Å². The van der Waals surface area contributed by atoms with Crippen LogP contribution in [0.25, 0.3) is 0 Å². The maximum atomic E-state index is 13.1. The van der Waals surface area contributed by atoms with E-state index in [1.807, 2.05) is 54.6 Å². The molecule has 2 heterocycles. The fourth-order valence-corrected chi connectivity index (χ4v) is 4.81. The summed E-state index contributed by atoms with van der Waals surface area (Å²) in [5.41, 5.74) is 3.58. The fourth-order valence-electron chi connectivity index (χ4n) is 4.81. The molecule has 5 rings (SSSR count). The summed E-state index contributed by atoms with van der Waals surface area (Å²) in [5.74, 6) is -0.992. The second-order valence-corrected chi connectivity index (χ2v) is 9.48. The molecule has 0 bridgehead atoms. The Morgan fingerprint density at radius 3 is 2.28 bits per heavy atom. The molecule has 2 aliphatic rings. The van der Waals surface area contributed by atoms with Gasteiger partial charge in [0.1, 0.15) is 0 Å². The van der Waals surface area contributed by atoms with Gasteiger partial charge in [-0.25, -0.2) is 0 Å². The number of nitrogens with zero attached hydrogens (tertiary/aromatic N) is 2. The molecule has 36 heavy (non-hydrogen) atoms. The highest BCUT2D eigenvalue weighted by Crippen LogP contribution is 2.27. The predicted molar refractivity (Wildman–Crippen MR) is 140 cm³/mol. The van der Waals surface area contributed by atoms with E-state index < -0.39 is 0 Å². The number of imide groups is 1. The second-order valence-electron chi connectivity index (χ2n) is 9.48. The largest absolute Gasteiger partial charge is 0.381 e. The molecule has 1 saturated heterocycles. The Morgan fingerprint density at radius 2 is 1.53 bits per heavy atom. The average Bonchev–Trinajstić information content (AvgIpc) is 3.14. The second kappa shape index (κ2) is 10.3. The van der Waals surface area contributed by atoms with Crippen molar-refractivity contribution in [1.29, 1.82) is 0 Å². The topological polar surface area (TPSA) is 81.8 Å². The lowest BCUT2D eigenvalue weighted by Gasteiger charge is -2.30. The number of carbonyl (C=O) groups excluding carboxylic acids is 3. The monoisotopic (exact) mass is 482 g/mol. The molecule has 0 unspecified atom stereocenters. The van der Waals surface area contributed by atoms with E-state index in [2.05, 4.69) is 22.6 Å². The van der Waals surface area contributed by atoms with Gasteiger partial charge in [0.25, 0.3) is 17.7 Å². The molecule has 0 aromatic heterocycles. The number of fused-ring (bicyclic) bond motifs is 1. The predicted octanol–water partition coefficient (Wildman–Crippen LogP) is 4.28. The number of para-hydroxylation sites is 2. The Labute approximate surface area is 211 Å². The van der Waals surface area contributed by atoms with Crippen LogP contribution in [0.1, 0.15) is 49.5 Å². The van der Waals surface area contributed by atoms with Crippen LogP contribution in [0.5, 0.6) is 0 Å². The summed E-state index contributed by atoms with van der Waals surface area (Å²) >= 11 is 0. The molecular formula is C29H30N4O3. The Kier molecular flexibility index (Phi) is 6.82. The van der Waals surface area contributed by atoms with Crippen LogP contribution in [-0.4, -0.2) is 60.2 Å². The van der Waals surface area contributed by atoms with Gasteiger partial charge in [0.05, 0.1) is 22.5 Å². The summed E-state index contributed by atoms with van der Waals surface area (Å²) in [6.07, 6.45) is 2.67. The third kappa shape index (κ3) is 5.02. The summed E-state index contributed by atoms with van der Waals surface area (Å²) in [7, 11) is 2.13. The number of likely N-dealkylation sites (tertiary alicyclic amines) is 1. The van der Waals surface area contributed by atoms with E-state index in [0.717, 1.165) is 37.2 Å². The Bertz CT molecular complexity index is 1280. The molecule has 0 aliphatic carbocycles. The van der Waals surface area contributed by atoms with E-state index in [1.165, 1.54) is 11.0 Å². The molecule has 2 aliphatic heterocycles. The van der Waals surface area contributed by atoms with Gasteiger partial charge in [-0.2, -0.15) is 0 Å². The number of anilines is 2. The Morgan fingerprint density at radius 1 is 0.861 bits per heavy atom. The third-order valence-corrected chi connectivity index (χ3v) is 6.95. The number of benzene rings is 3. The molecule has 3 amide bonds. The van der Waals surface area contributed by atoms with Gasteiger partial charge in [0, 0.05) is 18.2 Å². The van der Waals surface area contributed by atoms with Crippen molar-refractivity contribution in [3.63, 3.8) is 0 Å². The summed E-state index contributed by atoms with van der Waals surface area (Å²) < 4.78 is 0. The van der Waals surface area contributed by atoms with Gasteiger partial charge in [-0.1, -0.05) is 42.5 Å². The van der Waals surface area contributed by atoms with Crippen LogP contribution in [0.4, 0.5) is 11.4 Å². The third-order valence-electron chi connectivity index (χ3n) is 6.95. The van der Waals surface area contributed by atoms with Gasteiger partial charge in [0.2, 0.25) is 0 Å². The first-order valence-electron chi connectivity index (χ1n) is 12.4. The van der Waals surface area contributed by atoms with Crippen molar-refractivity contribution in [3.05, 3.63) is 95.1 Å². The lowest BCUT2D eigenvalue weighted by Crippen LogP contribution is -2.36. The van der Waals surface area contributed by atoms with E-state index >= 15 is 0 Å². The number of hydrogen-bond donors (Lipinski definition) is 2. The van der Waals surface area contributed by atoms with Gasteiger partial charge in [-0.15, -0.1) is 0 Å². The molecule has 1 fully saturated rings. The van der Waals surface area contributed by atoms with Gasteiger partial charge in [-0.3, -0.25) is 19.3 Å². The van der Waals surface area contributed by atoms with Crippen LogP contribution < -0.4 is 10.6 Å². The van der Waals surface area contributed by atoms with Crippen molar-refractivity contribution >= 4 is 29.1 Å². The van der Waals surface area contributed by atoms with Crippen LogP contribution in [-0.2, 0) is 6.42 Å². The average molecular weight is 483 g/mol. The van der Waals surface area contributed by atoms with E-state index in [1.54, 1.807) is 12.1 Å². The molecule has 2 N–H and O–H groups in total. The number of rotatable bonds is 7. The molecule has 3 aromatic rings. The summed E-state index contributed by atoms with van der Waals surface area (Å²) in [5, 5.41) is 6.55. The molecule has 0 atom stereocenters. The summed E-state index contributed by atoms with van der Waals surface area (Å²) in [6, 6.07) is 22.5. The first-order chi connectivity index (χ1) is 17.5. The maximum Gasteiger partial charge on any atom is 0.261 e. The highest BCUT2D eigenvalue weighted by atomic mass is 16.2. The van der Waals surface area contributed by atoms with Gasteiger partial charge in [-0.05, 0) is 75.3 Å². The zero-order valence-electron chi connectivity index (χ0n) is 20.4. The minimum atomic E-state index is -0.357. The van der Waals surface area contributed by atoms with Crippen LogP contribution in [0.2, 0.25) is 0 Å². The summed E-state index contributed by atoms with van der Waals surface area (Å²) in [6.45, 7) is 2.38. The van der Waals surface area contributed by atoms with Crippen LogP contribution in [0.15, 0.2) is 72.8 Å². The highest BCUT2D eigenvalue weighted by Gasteiger charge is 2.35. The molecule has 0 radical (unpaired) electrons. The van der Waals surface area contributed by atoms with Crippen molar-refractivity contribution in [2.24, 2.45) is 0 Å². The SMILES string of the molecule is CN1CCC(Nc2ccccc2NC(=O)c2ccc3c(c2)C(=O)N(CCc2ccccc2)C3=O)CC1. The van der Waals surface area contributed by atoms with Gasteiger partial charge in [0.15, 0.2) is 0 Å². The fraction of sp³-hybridized carbons (Fsp3) is 0.276. The number of piperidine rings is 1. The van der Waals surface area contributed by atoms with Crippen LogP contribution >= 0.6 is 0 Å². The van der Waals surface area contributed by atoms with E-state index in [-0.39, 0.29) is 23.3 Å². The van der Waals surface area contributed by atoms with Crippen molar-refractivity contribution in [2.45, 2.75) is 25.3 Å². The van der Waals surface area contributed by atoms with E-state index in [0.29, 0.717) is 35.8 Å². The molecule has 7 heteroatoms. The molecule has 184 valence electrons. The maximum absolute atomic E-state index is 13.1. The zero-order valence-corrected chi connectivity index (χ0v) is 20.4.